The molecule has 12 aliphatic rings. The molecule has 0 aromatic heterocycles. The number of hydrogen-bond acceptors (Lipinski definition) is 22. The Hall–Kier alpha value is -5.65. The molecule has 0 radical (unpaired) electrons. The van der Waals surface area contributed by atoms with E-state index in [4.69, 9.17) is 14.2 Å². The average Bonchev–Trinajstić information content (AvgIpc) is 1.66. The zero-order valence-electron chi connectivity index (χ0n) is 71.3. The lowest BCUT2D eigenvalue weighted by Crippen LogP contribution is -2.48. The van der Waals surface area contributed by atoms with Crippen molar-refractivity contribution in [2.75, 3.05) is 218 Å². The molecule has 31 heteroatoms. The second-order valence-electron chi connectivity index (χ2n) is 32.4. The Morgan fingerprint density at radius 2 is 0.922 bits per heavy atom. The maximum Gasteiger partial charge on any atom is 0.240 e. The van der Waals surface area contributed by atoms with Crippen molar-refractivity contribution in [3.05, 3.63) is 71.3 Å². The van der Waals surface area contributed by atoms with E-state index < -0.39 is 12.8 Å². The molecule has 2 aromatic carbocycles. The first kappa shape index (κ1) is 96.5. The molecule has 12 aliphatic heterocycles. The lowest BCUT2D eigenvalue weighted by atomic mass is 10.1. The Labute approximate surface area is 695 Å². The largest absolute Gasteiger partial charge is 0.392 e. The number of hydrogen-bond donors (Lipinski definition) is 6. The van der Waals surface area contributed by atoms with Gasteiger partial charge in [0.1, 0.15) is 6.67 Å². The number of ether oxygens (including phenoxy) is 3. The van der Waals surface area contributed by atoms with Gasteiger partial charge in [-0.1, -0.05) is 54.6 Å². The Bertz CT molecular complexity index is 3160. The van der Waals surface area contributed by atoms with Crippen LogP contribution in [-0.2, 0) is 65.7 Å². The van der Waals surface area contributed by atoms with Crippen molar-refractivity contribution in [2.24, 2.45) is 0 Å². The summed E-state index contributed by atoms with van der Waals surface area (Å²) in [5.41, 5.74) is 3.70. The first-order valence-electron chi connectivity index (χ1n) is 42.4. The second-order valence-corrected chi connectivity index (χ2v) is 34.5. The van der Waals surface area contributed by atoms with Gasteiger partial charge in [-0.3, -0.25) is 77.6 Å². The summed E-state index contributed by atoms with van der Waals surface area (Å²) in [5.74, 6) is 4.45. The predicted octanol–water partition coefficient (Wildman–Crippen LogP) is 4.05. The number of likely N-dealkylation sites (N-methyl/N-ethyl adjacent to an activating group) is 8. The van der Waals surface area contributed by atoms with E-state index in [9.17, 15) is 47.9 Å². The first-order valence-corrected chi connectivity index (χ1v) is 45.0. The van der Waals surface area contributed by atoms with Gasteiger partial charge in [0.05, 0.1) is 92.3 Å². The lowest BCUT2D eigenvalue weighted by Gasteiger charge is -2.31. The summed E-state index contributed by atoms with van der Waals surface area (Å²) < 4.78 is 27.3. The number of thioether (sulfide) groups is 2. The SMILES string of the molecule is CC(NC(=O)[C@@H]1CC(O)CN1C)c1ccccc1.CN1CCC[C@H]1C(=O)N1CCOCC1.CN1CCC[C@H]1C(=O)N1CCSC1.CN1CCC[C@H]1C(=O)N1Cc2ccccc2C1.CN1CCC[C@H]1C(=O)NCC1CCCO1.CN1CCC[C@H]1C(=O)NCCF.COCCNC(=O)[C@@H]1CCCN1C.CSCCNC(=O)[C@@H]1CCCN1C. The van der Waals surface area contributed by atoms with Crippen molar-refractivity contribution in [3.8, 4) is 0 Å². The topological polar surface area (TPSA) is 280 Å². The van der Waals surface area contributed by atoms with Gasteiger partial charge in [0.2, 0.25) is 47.3 Å². The number of carbonyl (C=O) groups is 8. The highest BCUT2D eigenvalue weighted by Gasteiger charge is 2.38. The first-order chi connectivity index (χ1) is 55.4. The molecule has 115 heavy (non-hydrogen) atoms. The number of benzene rings is 2. The number of morpholine rings is 1. The third-order valence-electron chi connectivity index (χ3n) is 23.9. The number of alkyl halides is 1. The van der Waals surface area contributed by atoms with Crippen LogP contribution in [0.25, 0.3) is 0 Å². The number of nitrogens with one attached hydrogen (secondary N) is 5. The third kappa shape index (κ3) is 31.8. The summed E-state index contributed by atoms with van der Waals surface area (Å²) >= 11 is 3.62. The highest BCUT2D eigenvalue weighted by molar-refractivity contribution is 7.99. The summed E-state index contributed by atoms with van der Waals surface area (Å²) in [7, 11) is 17.6. The maximum absolute atomic E-state index is 12.4. The monoisotopic (exact) mass is 1650 g/mol. The molecule has 6 N–H and O–H groups in total. The fourth-order valence-corrected chi connectivity index (χ4v) is 18.0. The van der Waals surface area contributed by atoms with E-state index in [0.29, 0.717) is 63.6 Å². The van der Waals surface area contributed by atoms with Crippen LogP contribution in [0.3, 0.4) is 0 Å². The van der Waals surface area contributed by atoms with E-state index in [1.54, 1.807) is 18.9 Å². The van der Waals surface area contributed by atoms with Crippen LogP contribution in [0, 0.1) is 0 Å². The van der Waals surface area contributed by atoms with Gasteiger partial charge in [-0.05, 0) is 241 Å². The molecule has 8 amide bonds. The van der Waals surface area contributed by atoms with Crippen LogP contribution in [0.4, 0.5) is 4.39 Å². The van der Waals surface area contributed by atoms with Gasteiger partial charge >= 0.3 is 0 Å². The molecule has 14 rings (SSSR count). The normalized spacial score (nSPS) is 26.6. The van der Waals surface area contributed by atoms with Gasteiger partial charge in [0.15, 0.2) is 0 Å². The number of likely N-dealkylation sites (tertiary alicyclic amines) is 8. The standard InChI is InChI=1S/C14H20N2O2.C14H18N2O.C11H20N2O2.C10H18N2O2.C9H18N2O2.C9H16N2OS.C9H18N2OS.C8H15FN2O/c1-10(11-6-4-3-5-7-11)15-14(18)13-8-12(17)9-16(13)2;1-15-8-4-7-13(15)14(17)16-9-11-5-2-3-6-12(11)10-16;1-13-6-2-5-10(13)11(14)12-8-9-4-3-7-15-9;1-11-4-2-3-9(11)10(13)12-5-7-14-8-6-12;1-11-6-3-4-8(11)9(12)10-5-7-13-2;1-10-4-2-3-8(10)9(12)11-5-6-13-7-11;1-11-6-3-4-8(11)9(12)10-5-7-13-2;1-11-6-2-3-7(11)8(12)10-5-4-9/h3-7,10,12-13,17H,8-9H2,1-2H3,(H,15,18);2-3,5-6,13H,4,7-10H2,1H3;9-10H,2-8H2,1H3,(H,12,14);9H,2-8H2,1H3;8H,3-7H2,1-2H3,(H,10,12);8H,2-7H2,1H3;8H,3-7H2,1-2H3,(H,10,12);7H,2-6H2,1H3,(H,10,12)/t10?,12?,13-;13-;9?,10-;9-;3*8-;7-/m00000000/s1. The molecule has 12 heterocycles. The Morgan fingerprint density at radius 3 is 1.31 bits per heavy atom. The van der Waals surface area contributed by atoms with Gasteiger partial charge in [-0.25, -0.2) is 4.39 Å². The number of fused-ring (bicyclic) bond motifs is 1. The fraction of sp³-hybridized carbons (Fsp3) is 0.762. The van der Waals surface area contributed by atoms with E-state index in [-0.39, 0.29) is 96.6 Å². The van der Waals surface area contributed by atoms with E-state index >= 15 is 0 Å². The fourth-order valence-electron chi connectivity index (χ4n) is 16.8. The van der Waals surface area contributed by atoms with Crippen LogP contribution in [-0.4, -0.2) is 385 Å². The van der Waals surface area contributed by atoms with Crippen molar-refractivity contribution in [1.29, 1.82) is 0 Å². The van der Waals surface area contributed by atoms with Crippen molar-refractivity contribution in [1.82, 2.24) is 80.5 Å². The number of methoxy groups -OCH3 is 1. The van der Waals surface area contributed by atoms with E-state index in [0.717, 1.165) is 211 Å². The number of β-amino-alcohol motifs (C(OH)–C–C–N with tert-alkyl or cyclic N) is 1. The minimum Gasteiger partial charge on any atom is -0.392 e. The molecule has 0 spiro atoms. The smallest absolute Gasteiger partial charge is 0.240 e. The number of nitrogens with zero attached hydrogens (tertiary/aromatic N) is 11. The van der Waals surface area contributed by atoms with Gasteiger partial charge in [-0.2, -0.15) is 11.8 Å². The highest BCUT2D eigenvalue weighted by atomic mass is 32.2. The molecule has 28 nitrogen and oxygen atoms in total. The number of rotatable bonds is 20. The minimum atomic E-state index is -0.484. The summed E-state index contributed by atoms with van der Waals surface area (Å²) in [5, 5.41) is 23.9. The number of amides is 8. The van der Waals surface area contributed by atoms with Crippen LogP contribution < -0.4 is 26.6 Å². The van der Waals surface area contributed by atoms with Crippen LogP contribution in [0.5, 0.6) is 0 Å². The van der Waals surface area contributed by atoms with Crippen LogP contribution in [0.1, 0.15) is 139 Å². The summed E-state index contributed by atoms with van der Waals surface area (Å²) in [6, 6.07) is 18.7. The molecule has 2 aromatic rings. The summed E-state index contributed by atoms with van der Waals surface area (Å²) in [6.07, 6.45) is 19.6. The molecule has 3 unspecified atom stereocenters. The number of carbonyl (C=O) groups excluding carboxylic acids is 8. The zero-order valence-corrected chi connectivity index (χ0v) is 72.9. The summed E-state index contributed by atoms with van der Waals surface area (Å²) in [6.45, 7) is 18.5. The van der Waals surface area contributed by atoms with Crippen LogP contribution >= 0.6 is 23.5 Å². The molecular formula is C84H143FN16O12S2. The number of aliphatic hydroxyl groups excluding tert-OH is 1. The second kappa shape index (κ2) is 52.4. The van der Waals surface area contributed by atoms with E-state index in [1.165, 1.54) is 17.5 Å². The molecule has 11 saturated heterocycles. The van der Waals surface area contributed by atoms with Gasteiger partial charge < -0.3 is 60.6 Å². The van der Waals surface area contributed by atoms with E-state index in [2.05, 4.69) is 94.3 Å². The zero-order chi connectivity index (χ0) is 83.2. The molecule has 11 atom stereocenters. The lowest BCUT2D eigenvalue weighted by molar-refractivity contribution is -0.139. The third-order valence-corrected chi connectivity index (χ3v) is 25.4. The molecule has 650 valence electrons. The van der Waals surface area contributed by atoms with Crippen LogP contribution in [0.15, 0.2) is 54.6 Å². The predicted molar refractivity (Wildman–Crippen MR) is 454 cm³/mol. The highest BCUT2D eigenvalue weighted by Crippen LogP contribution is 2.28. The van der Waals surface area contributed by atoms with Crippen molar-refractivity contribution < 1.29 is 62.1 Å². The average molecular weight is 1650 g/mol. The molecule has 0 aliphatic carbocycles. The Morgan fingerprint density at radius 1 is 0.496 bits per heavy atom. The van der Waals surface area contributed by atoms with Crippen LogP contribution in [0.2, 0.25) is 0 Å². The molecule has 0 bridgehead atoms. The Kier molecular flexibility index (Phi) is 44.0. The Balaban J connectivity index is 0.000000183. The van der Waals surface area contributed by atoms with Crippen molar-refractivity contribution in [3.63, 3.8) is 0 Å². The van der Waals surface area contributed by atoms with Gasteiger partial charge in [-0.15, -0.1) is 11.8 Å². The van der Waals surface area contributed by atoms with Gasteiger partial charge in [0, 0.05) is 90.7 Å². The van der Waals surface area contributed by atoms with E-state index in [1.807, 2.05) is 122 Å². The molecular weight excluding hydrogens is 1510 g/mol. The molecule has 0 saturated carbocycles. The summed E-state index contributed by atoms with van der Waals surface area (Å²) in [4.78, 5) is 117. The van der Waals surface area contributed by atoms with Gasteiger partial charge in [0.25, 0.3) is 0 Å². The minimum absolute atomic E-state index is 0.00889. The number of halogens is 1. The quantitative estimate of drug-likeness (QED) is 0.102. The van der Waals surface area contributed by atoms with Crippen molar-refractivity contribution in [2.45, 2.75) is 196 Å². The maximum atomic E-state index is 12.4. The number of aliphatic hydroxyl groups is 1. The molecule has 11 fully saturated rings. The van der Waals surface area contributed by atoms with Crippen molar-refractivity contribution >= 4 is 70.8 Å².